The first-order chi connectivity index (χ1) is 11.5. The predicted molar refractivity (Wildman–Crippen MR) is 96.6 cm³/mol. The Morgan fingerprint density at radius 2 is 2.04 bits per heavy atom. The van der Waals surface area contributed by atoms with E-state index in [0.29, 0.717) is 6.04 Å². The molecule has 130 valence electrons. The summed E-state index contributed by atoms with van der Waals surface area (Å²) in [6, 6.07) is 9.00. The maximum Gasteiger partial charge on any atom is 0.208 e. The molecule has 0 amide bonds. The summed E-state index contributed by atoms with van der Waals surface area (Å²) in [6.45, 7) is 5.18. The summed E-state index contributed by atoms with van der Waals surface area (Å²) < 4.78 is 28.5. The predicted octanol–water partition coefficient (Wildman–Crippen LogP) is 2.27. The van der Waals surface area contributed by atoms with E-state index in [4.69, 9.17) is 0 Å². The lowest BCUT2D eigenvalue weighted by atomic mass is 9.88. The van der Waals surface area contributed by atoms with Crippen molar-refractivity contribution in [1.29, 1.82) is 0 Å². The fourth-order valence-electron chi connectivity index (χ4n) is 4.61. The smallest absolute Gasteiger partial charge is 0.208 e. The van der Waals surface area contributed by atoms with Gasteiger partial charge in [0, 0.05) is 42.3 Å². The first-order valence-corrected chi connectivity index (χ1v) is 10.7. The number of fused-ring (bicyclic) bond motifs is 5. The molecule has 24 heavy (non-hydrogen) atoms. The summed E-state index contributed by atoms with van der Waals surface area (Å²) in [4.78, 5) is 2.54. The van der Waals surface area contributed by atoms with Crippen molar-refractivity contribution in [2.45, 2.75) is 44.8 Å². The van der Waals surface area contributed by atoms with Crippen molar-refractivity contribution >= 4 is 20.9 Å². The topological polar surface area (TPSA) is 54.3 Å². The summed E-state index contributed by atoms with van der Waals surface area (Å²) in [7, 11) is -3.15. The van der Waals surface area contributed by atoms with Crippen LogP contribution in [0, 0.1) is 0 Å². The second-order valence-corrected chi connectivity index (χ2v) is 8.82. The number of hydrogen-bond donors (Lipinski definition) is 1. The number of piperidine rings is 1. The van der Waals surface area contributed by atoms with E-state index in [-0.39, 0.29) is 6.04 Å². The summed E-state index contributed by atoms with van der Waals surface area (Å²) in [5.74, 6) is 0. The molecule has 6 heteroatoms. The number of rotatable bonds is 3. The fourth-order valence-corrected chi connectivity index (χ4v) is 5.43. The Morgan fingerprint density at radius 3 is 2.79 bits per heavy atom. The molecule has 5 nitrogen and oxygen atoms in total. The number of hydrogen-bond acceptors (Lipinski definition) is 3. The van der Waals surface area contributed by atoms with E-state index in [0.717, 1.165) is 38.9 Å². The number of sulfonamides is 1. The Bertz CT molecular complexity index is 839. The van der Waals surface area contributed by atoms with Crippen molar-refractivity contribution in [2.75, 3.05) is 19.3 Å². The van der Waals surface area contributed by atoms with Crippen molar-refractivity contribution in [2.24, 2.45) is 0 Å². The zero-order valence-corrected chi connectivity index (χ0v) is 15.1. The van der Waals surface area contributed by atoms with E-state index in [2.05, 4.69) is 45.4 Å². The van der Waals surface area contributed by atoms with E-state index in [1.165, 1.54) is 28.4 Å². The van der Waals surface area contributed by atoms with Gasteiger partial charge in [-0.1, -0.05) is 18.2 Å². The van der Waals surface area contributed by atoms with Gasteiger partial charge in [0.1, 0.15) is 0 Å². The highest BCUT2D eigenvalue weighted by Crippen LogP contribution is 2.41. The largest absolute Gasteiger partial charge is 0.343 e. The molecule has 1 aromatic carbocycles. The first-order valence-electron chi connectivity index (χ1n) is 8.79. The lowest BCUT2D eigenvalue weighted by molar-refractivity contribution is 0.116. The Labute approximate surface area is 143 Å². The molecule has 2 unspecified atom stereocenters. The Hall–Kier alpha value is -1.37. The Morgan fingerprint density at radius 1 is 1.25 bits per heavy atom. The molecule has 1 N–H and O–H groups in total. The molecule has 0 spiro atoms. The molecular weight excluding hydrogens is 322 g/mol. The highest BCUT2D eigenvalue weighted by atomic mass is 32.2. The molecule has 1 saturated heterocycles. The van der Waals surface area contributed by atoms with E-state index >= 15 is 0 Å². The normalized spacial score (nSPS) is 24.8. The first kappa shape index (κ1) is 16.1. The van der Waals surface area contributed by atoms with Crippen molar-refractivity contribution < 1.29 is 8.42 Å². The number of nitrogens with zero attached hydrogens (tertiary/aromatic N) is 2. The quantitative estimate of drug-likeness (QED) is 0.927. The van der Waals surface area contributed by atoms with Crippen molar-refractivity contribution in [3.05, 3.63) is 35.5 Å². The number of nitrogens with one attached hydrogen (secondary N) is 1. The fraction of sp³-hybridized carbons (Fsp3) is 0.556. The number of aryl methyl sites for hydroxylation is 1. The average molecular weight is 347 g/mol. The van der Waals surface area contributed by atoms with Gasteiger partial charge in [0.25, 0.3) is 0 Å². The van der Waals surface area contributed by atoms with Crippen LogP contribution >= 0.6 is 0 Å². The van der Waals surface area contributed by atoms with E-state index in [1.54, 1.807) is 0 Å². The molecule has 0 bridgehead atoms. The van der Waals surface area contributed by atoms with Gasteiger partial charge in [-0.05, 0) is 37.8 Å². The number of aromatic nitrogens is 1. The van der Waals surface area contributed by atoms with Crippen molar-refractivity contribution in [1.82, 2.24) is 14.2 Å². The highest BCUT2D eigenvalue weighted by Gasteiger charge is 2.37. The van der Waals surface area contributed by atoms with Gasteiger partial charge in [0.15, 0.2) is 0 Å². The van der Waals surface area contributed by atoms with Crippen LogP contribution in [-0.4, -0.2) is 43.3 Å². The maximum atomic E-state index is 11.6. The molecule has 1 aromatic heterocycles. The molecule has 2 atom stereocenters. The van der Waals surface area contributed by atoms with Crippen LogP contribution in [0.15, 0.2) is 24.3 Å². The molecular formula is C18H25N3O2S. The van der Waals surface area contributed by atoms with Gasteiger partial charge >= 0.3 is 0 Å². The monoisotopic (exact) mass is 347 g/mol. The molecule has 0 radical (unpaired) electrons. The van der Waals surface area contributed by atoms with Gasteiger partial charge in [0.2, 0.25) is 10.0 Å². The van der Waals surface area contributed by atoms with Gasteiger partial charge < -0.3 is 4.57 Å². The van der Waals surface area contributed by atoms with Gasteiger partial charge in [-0.3, -0.25) is 4.90 Å². The van der Waals surface area contributed by atoms with E-state index in [9.17, 15) is 8.42 Å². The second kappa shape index (κ2) is 5.86. The SMILES string of the molecule is CCn1c2c(c3ccccc31)CCN1CCC(NS(C)(=O)=O)CC21. The van der Waals surface area contributed by atoms with Gasteiger partial charge in [-0.2, -0.15) is 0 Å². The zero-order valence-electron chi connectivity index (χ0n) is 14.3. The third kappa shape index (κ3) is 2.66. The average Bonchev–Trinajstić information content (AvgIpc) is 2.87. The van der Waals surface area contributed by atoms with Crippen LogP contribution in [0.5, 0.6) is 0 Å². The van der Waals surface area contributed by atoms with Crippen LogP contribution in [0.2, 0.25) is 0 Å². The number of benzene rings is 1. The molecule has 0 saturated carbocycles. The number of para-hydroxylation sites is 1. The molecule has 2 aliphatic rings. The minimum Gasteiger partial charge on any atom is -0.343 e. The molecule has 2 aliphatic heterocycles. The van der Waals surface area contributed by atoms with E-state index in [1.807, 2.05) is 0 Å². The van der Waals surface area contributed by atoms with Gasteiger partial charge in [-0.25, -0.2) is 13.1 Å². The van der Waals surface area contributed by atoms with Crippen LogP contribution in [0.3, 0.4) is 0 Å². The molecule has 0 aliphatic carbocycles. The summed E-state index contributed by atoms with van der Waals surface area (Å²) in [5.41, 5.74) is 4.18. The van der Waals surface area contributed by atoms with Gasteiger partial charge in [-0.15, -0.1) is 0 Å². The summed E-state index contributed by atoms with van der Waals surface area (Å²) in [6.07, 6.45) is 4.10. The Kier molecular flexibility index (Phi) is 3.94. The van der Waals surface area contributed by atoms with E-state index < -0.39 is 10.0 Å². The summed E-state index contributed by atoms with van der Waals surface area (Å²) >= 11 is 0. The lowest BCUT2D eigenvalue weighted by Crippen LogP contribution is -2.48. The van der Waals surface area contributed by atoms with Crippen LogP contribution in [0.1, 0.15) is 37.1 Å². The Balaban J connectivity index is 1.77. The third-order valence-electron chi connectivity index (χ3n) is 5.49. The van der Waals surface area contributed by atoms with Crippen LogP contribution in [-0.2, 0) is 23.0 Å². The van der Waals surface area contributed by atoms with Crippen LogP contribution in [0.25, 0.3) is 10.9 Å². The highest BCUT2D eigenvalue weighted by molar-refractivity contribution is 7.88. The minimum atomic E-state index is -3.15. The molecule has 2 aromatic rings. The molecule has 1 fully saturated rings. The maximum absolute atomic E-state index is 11.6. The standard InChI is InChI=1S/C18H25N3O2S/c1-3-21-16-7-5-4-6-14(16)15-9-11-20-10-8-13(19-24(2,22)23)12-17(20)18(15)21/h4-7,13,17,19H,3,8-12H2,1-2H3. The second-order valence-electron chi connectivity index (χ2n) is 7.04. The van der Waals surface area contributed by atoms with Gasteiger partial charge in [0.05, 0.1) is 12.3 Å². The van der Waals surface area contributed by atoms with Crippen LogP contribution in [0.4, 0.5) is 0 Å². The van der Waals surface area contributed by atoms with Crippen molar-refractivity contribution in [3.8, 4) is 0 Å². The van der Waals surface area contributed by atoms with Crippen LogP contribution < -0.4 is 4.72 Å². The zero-order chi connectivity index (χ0) is 16.9. The van der Waals surface area contributed by atoms with Crippen molar-refractivity contribution in [3.63, 3.8) is 0 Å². The minimum absolute atomic E-state index is 0.0375. The molecule has 3 heterocycles. The third-order valence-corrected chi connectivity index (χ3v) is 6.26. The summed E-state index contributed by atoms with van der Waals surface area (Å²) in [5, 5.41) is 1.37. The molecule has 4 rings (SSSR count). The lowest BCUT2D eigenvalue weighted by Gasteiger charge is -2.43.